The quantitative estimate of drug-likeness (QED) is 0.877. The Bertz CT molecular complexity index is 566. The fourth-order valence-corrected chi connectivity index (χ4v) is 2.07. The Balaban J connectivity index is 2.23. The molecule has 19 heavy (non-hydrogen) atoms. The lowest BCUT2D eigenvalue weighted by atomic mass is 10.1. The monoisotopic (exact) mass is 275 g/mol. The van der Waals surface area contributed by atoms with E-state index in [1.54, 1.807) is 0 Å². The van der Waals surface area contributed by atoms with Gasteiger partial charge in [0.05, 0.1) is 5.02 Å². The summed E-state index contributed by atoms with van der Waals surface area (Å²) >= 11 is 6.22. The standard InChI is InChI=1S/C16H18ClNO/c1-3-12-5-4-6-14(9-12)19-16-8-7-13(11(2)18)10-15(16)17/h4-11H,3,18H2,1-2H3. The number of nitrogens with two attached hydrogens (primary N) is 1. The first kappa shape index (κ1) is 13.9. The zero-order valence-electron chi connectivity index (χ0n) is 11.2. The maximum atomic E-state index is 6.22. The van der Waals surface area contributed by atoms with Gasteiger partial charge in [-0.3, -0.25) is 0 Å². The molecule has 2 nitrogen and oxygen atoms in total. The molecule has 0 heterocycles. The van der Waals surface area contributed by atoms with Crippen molar-refractivity contribution < 1.29 is 4.74 Å². The van der Waals surface area contributed by atoms with Gasteiger partial charge in [0.15, 0.2) is 0 Å². The lowest BCUT2D eigenvalue weighted by molar-refractivity contribution is 0.482. The van der Waals surface area contributed by atoms with Gasteiger partial charge in [-0.1, -0.05) is 36.7 Å². The van der Waals surface area contributed by atoms with E-state index >= 15 is 0 Å². The number of hydrogen-bond donors (Lipinski definition) is 1. The van der Waals surface area contributed by atoms with Crippen LogP contribution < -0.4 is 10.5 Å². The molecule has 0 aromatic heterocycles. The molecule has 0 spiro atoms. The fraction of sp³-hybridized carbons (Fsp3) is 0.250. The Labute approximate surface area is 119 Å². The van der Waals surface area contributed by atoms with Crippen molar-refractivity contribution in [3.8, 4) is 11.5 Å². The summed E-state index contributed by atoms with van der Waals surface area (Å²) in [6.07, 6.45) is 0.981. The maximum absolute atomic E-state index is 6.22. The Morgan fingerprint density at radius 2 is 2.00 bits per heavy atom. The van der Waals surface area contributed by atoms with E-state index in [2.05, 4.69) is 13.0 Å². The van der Waals surface area contributed by atoms with E-state index in [9.17, 15) is 0 Å². The van der Waals surface area contributed by atoms with Crippen LogP contribution in [0.15, 0.2) is 42.5 Å². The van der Waals surface area contributed by atoms with Gasteiger partial charge < -0.3 is 10.5 Å². The van der Waals surface area contributed by atoms with Gasteiger partial charge in [-0.05, 0) is 48.7 Å². The summed E-state index contributed by atoms with van der Waals surface area (Å²) in [5, 5.41) is 0.580. The molecule has 100 valence electrons. The van der Waals surface area contributed by atoms with Crippen molar-refractivity contribution in [3.63, 3.8) is 0 Å². The Morgan fingerprint density at radius 3 is 2.63 bits per heavy atom. The molecular weight excluding hydrogens is 258 g/mol. The highest BCUT2D eigenvalue weighted by Gasteiger charge is 2.07. The number of hydrogen-bond acceptors (Lipinski definition) is 2. The lowest BCUT2D eigenvalue weighted by Gasteiger charge is -2.11. The first-order chi connectivity index (χ1) is 9.10. The van der Waals surface area contributed by atoms with E-state index in [-0.39, 0.29) is 6.04 Å². The second-order valence-corrected chi connectivity index (χ2v) is 4.99. The normalized spacial score (nSPS) is 12.2. The summed E-state index contributed by atoms with van der Waals surface area (Å²) in [4.78, 5) is 0. The predicted molar refractivity (Wildman–Crippen MR) is 79.9 cm³/mol. The molecular formula is C16H18ClNO. The lowest BCUT2D eigenvalue weighted by Crippen LogP contribution is -2.04. The number of halogens is 1. The molecule has 0 aliphatic carbocycles. The SMILES string of the molecule is CCc1cccc(Oc2ccc(C(C)N)cc2Cl)c1. The average Bonchev–Trinajstić information content (AvgIpc) is 2.41. The molecule has 0 aliphatic heterocycles. The van der Waals surface area contributed by atoms with Crippen molar-refractivity contribution in [2.24, 2.45) is 5.73 Å². The third-order valence-electron chi connectivity index (χ3n) is 3.02. The van der Waals surface area contributed by atoms with Crippen LogP contribution in [0.4, 0.5) is 0 Å². The summed E-state index contributed by atoms with van der Waals surface area (Å²) in [5.41, 5.74) is 8.06. The van der Waals surface area contributed by atoms with Crippen molar-refractivity contribution in [1.82, 2.24) is 0 Å². The van der Waals surface area contributed by atoms with E-state index in [0.29, 0.717) is 10.8 Å². The molecule has 2 N–H and O–H groups in total. The second kappa shape index (κ2) is 6.09. The van der Waals surface area contributed by atoms with Crippen LogP contribution in [0.2, 0.25) is 5.02 Å². The second-order valence-electron chi connectivity index (χ2n) is 4.58. The first-order valence-corrected chi connectivity index (χ1v) is 6.79. The molecule has 2 rings (SSSR count). The molecule has 0 saturated carbocycles. The fourth-order valence-electron chi connectivity index (χ4n) is 1.84. The summed E-state index contributed by atoms with van der Waals surface area (Å²) in [6, 6.07) is 13.6. The molecule has 0 aliphatic rings. The zero-order valence-corrected chi connectivity index (χ0v) is 11.9. The summed E-state index contributed by atoms with van der Waals surface area (Å²) in [6.45, 7) is 4.04. The molecule has 2 aromatic carbocycles. The summed E-state index contributed by atoms with van der Waals surface area (Å²) < 4.78 is 5.81. The number of aryl methyl sites for hydroxylation is 1. The predicted octanol–water partition coefficient (Wildman–Crippen LogP) is 4.71. The van der Waals surface area contributed by atoms with Crippen molar-refractivity contribution in [2.45, 2.75) is 26.3 Å². The van der Waals surface area contributed by atoms with Crippen LogP contribution >= 0.6 is 11.6 Å². The Hall–Kier alpha value is -1.51. The third-order valence-corrected chi connectivity index (χ3v) is 3.31. The maximum Gasteiger partial charge on any atom is 0.146 e. The number of rotatable bonds is 4. The van der Waals surface area contributed by atoms with Crippen molar-refractivity contribution in [3.05, 3.63) is 58.6 Å². The van der Waals surface area contributed by atoms with E-state index in [4.69, 9.17) is 22.1 Å². The molecule has 0 radical (unpaired) electrons. The summed E-state index contributed by atoms with van der Waals surface area (Å²) in [7, 11) is 0. The Morgan fingerprint density at radius 1 is 1.21 bits per heavy atom. The smallest absolute Gasteiger partial charge is 0.146 e. The van der Waals surface area contributed by atoms with Gasteiger partial charge in [0.2, 0.25) is 0 Å². The van der Waals surface area contributed by atoms with Gasteiger partial charge in [0.25, 0.3) is 0 Å². The molecule has 1 unspecified atom stereocenters. The molecule has 2 aromatic rings. The largest absolute Gasteiger partial charge is 0.456 e. The van der Waals surface area contributed by atoms with Crippen LogP contribution in [0.5, 0.6) is 11.5 Å². The van der Waals surface area contributed by atoms with E-state index in [1.807, 2.05) is 43.3 Å². The van der Waals surface area contributed by atoms with Gasteiger partial charge in [0, 0.05) is 6.04 Å². The molecule has 0 amide bonds. The van der Waals surface area contributed by atoms with E-state index in [0.717, 1.165) is 17.7 Å². The molecule has 1 atom stereocenters. The minimum Gasteiger partial charge on any atom is -0.456 e. The van der Waals surface area contributed by atoms with Gasteiger partial charge in [-0.2, -0.15) is 0 Å². The molecule has 0 saturated heterocycles. The van der Waals surface area contributed by atoms with Gasteiger partial charge in [-0.25, -0.2) is 0 Å². The van der Waals surface area contributed by atoms with Crippen LogP contribution in [0.1, 0.15) is 31.0 Å². The van der Waals surface area contributed by atoms with Gasteiger partial charge in [-0.15, -0.1) is 0 Å². The van der Waals surface area contributed by atoms with Crippen molar-refractivity contribution in [1.29, 1.82) is 0 Å². The topological polar surface area (TPSA) is 35.2 Å². The number of ether oxygens (including phenoxy) is 1. The van der Waals surface area contributed by atoms with Crippen LogP contribution in [-0.2, 0) is 6.42 Å². The molecule has 0 bridgehead atoms. The highest BCUT2D eigenvalue weighted by molar-refractivity contribution is 6.32. The highest BCUT2D eigenvalue weighted by atomic mass is 35.5. The van der Waals surface area contributed by atoms with Crippen LogP contribution in [0, 0.1) is 0 Å². The first-order valence-electron chi connectivity index (χ1n) is 6.42. The van der Waals surface area contributed by atoms with Crippen molar-refractivity contribution >= 4 is 11.6 Å². The van der Waals surface area contributed by atoms with Crippen LogP contribution in [0.3, 0.4) is 0 Å². The Kier molecular flexibility index (Phi) is 4.46. The third kappa shape index (κ3) is 3.49. The van der Waals surface area contributed by atoms with Crippen molar-refractivity contribution in [2.75, 3.05) is 0 Å². The van der Waals surface area contributed by atoms with E-state index < -0.39 is 0 Å². The van der Waals surface area contributed by atoms with Crippen LogP contribution in [0.25, 0.3) is 0 Å². The van der Waals surface area contributed by atoms with Gasteiger partial charge >= 0.3 is 0 Å². The van der Waals surface area contributed by atoms with E-state index in [1.165, 1.54) is 5.56 Å². The minimum absolute atomic E-state index is 0.0324. The minimum atomic E-state index is -0.0324. The van der Waals surface area contributed by atoms with Gasteiger partial charge in [0.1, 0.15) is 11.5 Å². The van der Waals surface area contributed by atoms with Crippen LogP contribution in [-0.4, -0.2) is 0 Å². The number of benzene rings is 2. The zero-order chi connectivity index (χ0) is 13.8. The summed E-state index contributed by atoms with van der Waals surface area (Å²) in [5.74, 6) is 1.45. The highest BCUT2D eigenvalue weighted by Crippen LogP contribution is 2.31. The molecule has 3 heteroatoms. The average molecular weight is 276 g/mol. The molecule has 0 fully saturated rings.